The van der Waals surface area contributed by atoms with Crippen molar-refractivity contribution in [3.8, 4) is 0 Å². The van der Waals surface area contributed by atoms with Crippen molar-refractivity contribution in [2.24, 2.45) is 0 Å². The van der Waals surface area contributed by atoms with Gasteiger partial charge in [0.1, 0.15) is 0 Å². The van der Waals surface area contributed by atoms with Gasteiger partial charge in [0.25, 0.3) is 0 Å². The minimum Gasteiger partial charge on any atom is -0.0651 e. The highest BCUT2D eigenvalue weighted by Gasteiger charge is 1.97. The first-order chi connectivity index (χ1) is 5.36. The molecule has 58 valence electrons. The van der Waals surface area contributed by atoms with Crippen molar-refractivity contribution in [2.45, 2.75) is 24.7 Å². The van der Waals surface area contributed by atoms with Crippen molar-refractivity contribution in [2.75, 3.05) is 0 Å². The van der Waals surface area contributed by atoms with E-state index in [1.807, 2.05) is 0 Å². The molecule has 0 unspecified atom stereocenters. The van der Waals surface area contributed by atoms with Gasteiger partial charge >= 0.3 is 0 Å². The average Bonchev–Trinajstić information content (AvgIpc) is 2.07. The van der Waals surface area contributed by atoms with Gasteiger partial charge in [-0.05, 0) is 12.0 Å². The highest BCUT2D eigenvalue weighted by atomic mass is 32.1. The summed E-state index contributed by atoms with van der Waals surface area (Å²) in [5.74, 6) is 3.75. The van der Waals surface area contributed by atoms with E-state index in [1.54, 1.807) is 11.4 Å². The Morgan fingerprint density at radius 3 is 2.36 bits per heavy atom. The molecule has 0 spiro atoms. The molecule has 11 heavy (non-hydrogen) atoms. The molecule has 0 nitrogen and oxygen atoms in total. The maximum absolute atomic E-state index is 3.75. The summed E-state index contributed by atoms with van der Waals surface area (Å²) in [6.45, 7) is 2.20. The lowest BCUT2D eigenvalue weighted by atomic mass is 10.1. The normalized spacial score (nSPS) is 9.55. The van der Waals surface area contributed by atoms with Gasteiger partial charge in [-0.3, -0.25) is 0 Å². The fraction of sp³-hybridized carbons (Fsp3) is 0.300. The van der Waals surface area contributed by atoms with Gasteiger partial charge in [0.15, 0.2) is 5.87 Å². The molecule has 0 aromatic heterocycles. The lowest BCUT2D eigenvalue weighted by molar-refractivity contribution is 0.920. The smallest absolute Gasteiger partial charge is 0.0651 e. The summed E-state index contributed by atoms with van der Waals surface area (Å²) in [5, 5.41) is 0. The molecule has 0 atom stereocenters. The SMILES string of the molecule is C=[S+]c1ccc(CCC)cc1. The largest absolute Gasteiger partial charge is 0.230 e. The monoisotopic (exact) mass is 165 g/mol. The highest BCUT2D eigenvalue weighted by Crippen LogP contribution is 2.05. The van der Waals surface area contributed by atoms with Crippen LogP contribution < -0.4 is 0 Å². The molecule has 0 saturated heterocycles. The first-order valence-electron chi connectivity index (χ1n) is 3.87. The van der Waals surface area contributed by atoms with Gasteiger partial charge in [-0.1, -0.05) is 25.5 Å². The van der Waals surface area contributed by atoms with Gasteiger partial charge in [-0.15, -0.1) is 0 Å². The number of hydrogen-bond acceptors (Lipinski definition) is 0. The van der Waals surface area contributed by atoms with Crippen molar-refractivity contribution in [3.05, 3.63) is 29.8 Å². The van der Waals surface area contributed by atoms with E-state index in [4.69, 9.17) is 0 Å². The van der Waals surface area contributed by atoms with E-state index in [2.05, 4.69) is 37.1 Å². The summed E-state index contributed by atoms with van der Waals surface area (Å²) in [7, 11) is 0. The Labute approximate surface area is 72.2 Å². The van der Waals surface area contributed by atoms with Crippen molar-refractivity contribution in [1.29, 1.82) is 0 Å². The van der Waals surface area contributed by atoms with Gasteiger partial charge in [-0.25, -0.2) is 0 Å². The van der Waals surface area contributed by atoms with Crippen LogP contribution in [0.3, 0.4) is 0 Å². The molecule has 0 amide bonds. The Hall–Kier alpha value is -0.690. The predicted molar refractivity (Wildman–Crippen MR) is 53.2 cm³/mol. The molecule has 0 N–H and O–H groups in total. The van der Waals surface area contributed by atoms with Gasteiger partial charge in [0, 0.05) is 12.1 Å². The fourth-order valence-electron chi connectivity index (χ4n) is 1.04. The van der Waals surface area contributed by atoms with Crippen LogP contribution in [0.1, 0.15) is 18.9 Å². The molecule has 1 aromatic carbocycles. The Morgan fingerprint density at radius 1 is 1.27 bits per heavy atom. The number of benzene rings is 1. The maximum Gasteiger partial charge on any atom is 0.230 e. The van der Waals surface area contributed by atoms with E-state index >= 15 is 0 Å². The van der Waals surface area contributed by atoms with Crippen LogP contribution in [-0.2, 0) is 17.8 Å². The van der Waals surface area contributed by atoms with Crippen LogP contribution >= 0.6 is 0 Å². The van der Waals surface area contributed by atoms with Crippen LogP contribution in [-0.4, -0.2) is 5.87 Å². The summed E-state index contributed by atoms with van der Waals surface area (Å²) in [5.41, 5.74) is 1.42. The minimum atomic E-state index is 1.18. The molecule has 1 aromatic rings. The third kappa shape index (κ3) is 2.43. The second kappa shape index (κ2) is 4.24. The molecule has 0 aliphatic carbocycles. The van der Waals surface area contributed by atoms with Gasteiger partial charge in [-0.2, -0.15) is 0 Å². The molecule has 0 fully saturated rings. The van der Waals surface area contributed by atoms with Gasteiger partial charge < -0.3 is 0 Å². The summed E-state index contributed by atoms with van der Waals surface area (Å²) >= 11 is 1.55. The maximum atomic E-state index is 3.75. The van der Waals surface area contributed by atoms with Crippen LogP contribution in [0.2, 0.25) is 0 Å². The molecular weight excluding hydrogens is 152 g/mol. The lowest BCUT2D eigenvalue weighted by Gasteiger charge is -1.94. The molecule has 0 radical (unpaired) electrons. The summed E-state index contributed by atoms with van der Waals surface area (Å²) in [6.07, 6.45) is 2.40. The van der Waals surface area contributed by atoms with E-state index in [0.29, 0.717) is 0 Å². The number of aryl methyl sites for hydroxylation is 1. The van der Waals surface area contributed by atoms with Crippen LogP contribution in [0.5, 0.6) is 0 Å². The van der Waals surface area contributed by atoms with Crippen LogP contribution in [0, 0.1) is 0 Å². The Morgan fingerprint density at radius 2 is 1.91 bits per heavy atom. The van der Waals surface area contributed by atoms with E-state index < -0.39 is 0 Å². The van der Waals surface area contributed by atoms with Crippen LogP contribution in [0.4, 0.5) is 0 Å². The summed E-state index contributed by atoms with van der Waals surface area (Å²) in [4.78, 5) is 1.24. The second-order valence-corrected chi connectivity index (χ2v) is 3.30. The van der Waals surface area contributed by atoms with Crippen molar-refractivity contribution < 1.29 is 0 Å². The van der Waals surface area contributed by atoms with E-state index in [0.717, 1.165) is 0 Å². The van der Waals surface area contributed by atoms with Crippen molar-refractivity contribution in [3.63, 3.8) is 0 Å². The molecule has 0 bridgehead atoms. The molecule has 1 rings (SSSR count). The fourth-order valence-corrected chi connectivity index (χ4v) is 1.37. The standard InChI is InChI=1S/C10H13S/c1-3-4-9-5-7-10(11-2)8-6-9/h5-8H,2-4H2,1H3/q+1. The van der Waals surface area contributed by atoms with Crippen molar-refractivity contribution >= 4 is 17.2 Å². The molecule has 0 saturated carbocycles. The van der Waals surface area contributed by atoms with E-state index in [9.17, 15) is 0 Å². The van der Waals surface area contributed by atoms with Crippen LogP contribution in [0.15, 0.2) is 29.2 Å². The Kier molecular flexibility index (Phi) is 3.24. The molecule has 0 heterocycles. The van der Waals surface area contributed by atoms with E-state index in [-0.39, 0.29) is 0 Å². The summed E-state index contributed by atoms with van der Waals surface area (Å²) in [6, 6.07) is 8.61. The quantitative estimate of drug-likeness (QED) is 0.477. The van der Waals surface area contributed by atoms with Crippen LogP contribution in [0.25, 0.3) is 0 Å². The third-order valence-corrected chi connectivity index (χ3v) is 2.23. The molecule has 1 heteroatoms. The molecule has 0 aliphatic heterocycles. The zero-order valence-corrected chi connectivity index (χ0v) is 7.66. The third-order valence-electron chi connectivity index (χ3n) is 1.63. The first kappa shape index (κ1) is 8.41. The van der Waals surface area contributed by atoms with Gasteiger partial charge in [0.2, 0.25) is 16.2 Å². The molecular formula is C10H13S+. The predicted octanol–water partition coefficient (Wildman–Crippen LogP) is 2.51. The number of hydrogen-bond donors (Lipinski definition) is 0. The lowest BCUT2D eigenvalue weighted by Crippen LogP contribution is -1.82. The zero-order chi connectivity index (χ0) is 8.10. The molecule has 0 aliphatic rings. The van der Waals surface area contributed by atoms with E-state index in [1.165, 1.54) is 23.3 Å². The van der Waals surface area contributed by atoms with Gasteiger partial charge in [0.05, 0.1) is 0 Å². The Balaban J connectivity index is 2.74. The van der Waals surface area contributed by atoms with Crippen molar-refractivity contribution in [1.82, 2.24) is 0 Å². The topological polar surface area (TPSA) is 0 Å². The average molecular weight is 165 g/mol. The summed E-state index contributed by atoms with van der Waals surface area (Å²) < 4.78 is 0. The Bertz CT molecular complexity index is 223. The highest BCUT2D eigenvalue weighted by molar-refractivity contribution is 7.76. The number of rotatable bonds is 3. The first-order valence-corrected chi connectivity index (χ1v) is 4.86. The second-order valence-electron chi connectivity index (χ2n) is 2.54. The minimum absolute atomic E-state index is 1.18. The zero-order valence-electron chi connectivity index (χ0n) is 6.84.